The van der Waals surface area contributed by atoms with Gasteiger partial charge in [-0.3, -0.25) is 9.59 Å². The van der Waals surface area contributed by atoms with Crippen molar-refractivity contribution in [1.29, 1.82) is 0 Å². The van der Waals surface area contributed by atoms with Gasteiger partial charge in [0.25, 0.3) is 5.92 Å². The molecule has 0 radical (unpaired) electrons. The lowest BCUT2D eigenvalue weighted by Crippen LogP contribution is -2.39. The first-order valence-corrected chi connectivity index (χ1v) is 12.8. The van der Waals surface area contributed by atoms with Crippen molar-refractivity contribution in [3.8, 4) is 0 Å². The van der Waals surface area contributed by atoms with E-state index in [4.69, 9.17) is 34.8 Å². The smallest absolute Gasteiger partial charge is 0.350 e. The van der Waals surface area contributed by atoms with Crippen molar-refractivity contribution in [2.45, 2.75) is 50.4 Å². The third-order valence-electron chi connectivity index (χ3n) is 6.33. The van der Waals surface area contributed by atoms with Crippen LogP contribution in [-0.4, -0.2) is 30.3 Å². The van der Waals surface area contributed by atoms with E-state index in [0.717, 1.165) is 12.1 Å². The fourth-order valence-electron chi connectivity index (χ4n) is 4.01. The van der Waals surface area contributed by atoms with Gasteiger partial charge in [-0.05, 0) is 42.7 Å². The van der Waals surface area contributed by atoms with Crippen molar-refractivity contribution in [1.82, 2.24) is 5.32 Å². The summed E-state index contributed by atoms with van der Waals surface area (Å²) in [5.74, 6) is -9.74. The van der Waals surface area contributed by atoms with Crippen molar-refractivity contribution in [2.75, 3.05) is 6.54 Å². The summed E-state index contributed by atoms with van der Waals surface area (Å²) in [5.41, 5.74) is -5.64. The van der Waals surface area contributed by atoms with Crippen molar-refractivity contribution in [2.24, 2.45) is 5.41 Å². The van der Waals surface area contributed by atoms with E-state index in [-0.39, 0.29) is 40.1 Å². The van der Waals surface area contributed by atoms with Gasteiger partial charge in [-0.15, -0.1) is 0 Å². The van der Waals surface area contributed by atoms with Crippen molar-refractivity contribution >= 4 is 52.3 Å². The Bertz CT molecular complexity index is 1350. The Labute approximate surface area is 242 Å². The van der Waals surface area contributed by atoms with Crippen LogP contribution in [0.4, 0.5) is 39.5 Å². The fraction of sp³-hybridized carbons (Fsp3) is 0.385. The van der Waals surface area contributed by atoms with Crippen LogP contribution in [0.5, 0.6) is 0 Å². The van der Waals surface area contributed by atoms with E-state index in [0.29, 0.717) is 19.1 Å². The summed E-state index contributed by atoms with van der Waals surface area (Å²) in [6, 6.07) is 3.01. The number of Topliss-reactive ketones (excluding diaryl/α,β-unsaturated/α-hetero) is 1. The molecule has 0 saturated heterocycles. The first-order chi connectivity index (χ1) is 18.6. The molecule has 1 amide bonds. The van der Waals surface area contributed by atoms with Crippen LogP contribution in [0, 0.1) is 5.41 Å². The van der Waals surface area contributed by atoms with Crippen LogP contribution in [0.2, 0.25) is 15.1 Å². The molecule has 1 saturated carbocycles. The van der Waals surface area contributed by atoms with E-state index in [2.05, 4.69) is 0 Å². The Kier molecular flexibility index (Phi) is 9.42. The molecule has 0 aliphatic heterocycles. The van der Waals surface area contributed by atoms with Crippen LogP contribution in [0.25, 0.3) is 5.83 Å². The molecule has 224 valence electrons. The number of carbonyl (C=O) groups is 2. The van der Waals surface area contributed by atoms with Gasteiger partial charge in [-0.2, -0.15) is 26.3 Å². The van der Waals surface area contributed by atoms with E-state index in [1.165, 1.54) is 0 Å². The second-order valence-electron chi connectivity index (χ2n) is 9.72. The third kappa shape index (κ3) is 8.10. The quantitative estimate of drug-likeness (QED) is 0.166. The first kappa shape index (κ1) is 33.1. The molecule has 0 spiro atoms. The zero-order valence-electron chi connectivity index (χ0n) is 20.7. The van der Waals surface area contributed by atoms with Crippen LogP contribution in [0.3, 0.4) is 0 Å². The lowest BCUT2D eigenvalue weighted by Gasteiger charge is -2.20. The molecule has 1 unspecified atom stereocenters. The SMILES string of the molecule is CC(F)(F)CNC(=O)C1(CC(=O)c2ccc(/C(F)=C/C(c3cc(Cl)c(Cl)c(Cl)c3)C(F)(F)F)cc2C(F)(F)F)CC1. The van der Waals surface area contributed by atoms with Crippen molar-refractivity contribution in [3.05, 3.63) is 73.7 Å². The lowest BCUT2D eigenvalue weighted by molar-refractivity contribution is -0.140. The van der Waals surface area contributed by atoms with Crippen molar-refractivity contribution < 1.29 is 49.1 Å². The number of halogens is 12. The topological polar surface area (TPSA) is 46.2 Å². The molecule has 2 aromatic rings. The molecule has 3 rings (SSSR count). The van der Waals surface area contributed by atoms with Crippen LogP contribution in [0.1, 0.15) is 59.2 Å². The molecule has 0 aromatic heterocycles. The summed E-state index contributed by atoms with van der Waals surface area (Å²) in [6.45, 7) is -0.497. The summed E-state index contributed by atoms with van der Waals surface area (Å²) in [6.07, 6.45) is -11.0. The Morgan fingerprint density at radius 1 is 0.976 bits per heavy atom. The monoisotopic (exact) mass is 653 g/mol. The van der Waals surface area contributed by atoms with Gasteiger partial charge in [-0.25, -0.2) is 13.2 Å². The van der Waals surface area contributed by atoms with Gasteiger partial charge in [0.1, 0.15) is 11.7 Å². The van der Waals surface area contributed by atoms with Gasteiger partial charge in [0.15, 0.2) is 5.78 Å². The molecule has 3 nitrogen and oxygen atoms in total. The number of rotatable bonds is 9. The molecular weight excluding hydrogens is 636 g/mol. The highest BCUT2D eigenvalue weighted by molar-refractivity contribution is 6.48. The summed E-state index contributed by atoms with van der Waals surface area (Å²) in [7, 11) is 0. The third-order valence-corrected chi connectivity index (χ3v) is 7.52. The molecule has 2 aromatic carbocycles. The van der Waals surface area contributed by atoms with E-state index in [9.17, 15) is 44.7 Å². The Morgan fingerprint density at radius 3 is 2.00 bits per heavy atom. The van der Waals surface area contributed by atoms with Gasteiger partial charge < -0.3 is 5.32 Å². The Balaban J connectivity index is 1.96. The average molecular weight is 655 g/mol. The fourth-order valence-corrected chi connectivity index (χ4v) is 4.62. The molecule has 1 aliphatic carbocycles. The van der Waals surface area contributed by atoms with E-state index >= 15 is 4.39 Å². The summed E-state index contributed by atoms with van der Waals surface area (Å²) in [4.78, 5) is 25.2. The van der Waals surface area contributed by atoms with E-state index in [1.807, 2.05) is 5.32 Å². The summed E-state index contributed by atoms with van der Waals surface area (Å²) < 4.78 is 124. The summed E-state index contributed by atoms with van der Waals surface area (Å²) >= 11 is 17.3. The minimum Gasteiger partial charge on any atom is -0.350 e. The van der Waals surface area contributed by atoms with Crippen LogP contribution >= 0.6 is 34.8 Å². The van der Waals surface area contributed by atoms with Gasteiger partial charge in [0.05, 0.1) is 32.6 Å². The zero-order chi connectivity index (χ0) is 31.1. The maximum atomic E-state index is 15.1. The predicted octanol–water partition coefficient (Wildman–Crippen LogP) is 9.45. The Hall–Kier alpha value is -2.44. The van der Waals surface area contributed by atoms with Gasteiger partial charge in [0.2, 0.25) is 5.91 Å². The molecule has 0 bridgehead atoms. The highest BCUT2D eigenvalue weighted by atomic mass is 35.5. The number of ketones is 1. The number of nitrogens with one attached hydrogen (secondary N) is 1. The molecule has 0 heterocycles. The number of hydrogen-bond donors (Lipinski definition) is 1. The largest absolute Gasteiger partial charge is 0.417 e. The zero-order valence-corrected chi connectivity index (χ0v) is 23.0. The maximum Gasteiger partial charge on any atom is 0.417 e. The average Bonchev–Trinajstić information content (AvgIpc) is 3.62. The molecule has 15 heteroatoms. The highest BCUT2D eigenvalue weighted by Gasteiger charge is 2.52. The van der Waals surface area contributed by atoms with Crippen molar-refractivity contribution in [3.63, 3.8) is 0 Å². The Morgan fingerprint density at radius 2 is 1.54 bits per heavy atom. The van der Waals surface area contributed by atoms with Crippen LogP contribution in [0.15, 0.2) is 36.4 Å². The standard InChI is InChI=1S/C26H19Cl3F9NO2/c1-23(31,32)11-39-22(41)24(4-5-24)10-20(40)14-3-2-12(6-16(14)26(36,37)38)19(30)9-15(25(33,34)35)13-7-17(27)21(29)18(28)8-13/h2-3,6-9,15H,4-5,10-11H2,1H3,(H,39,41)/b19-9-. The molecule has 41 heavy (non-hydrogen) atoms. The second-order valence-corrected chi connectivity index (χ2v) is 10.9. The lowest BCUT2D eigenvalue weighted by atomic mass is 9.90. The van der Waals surface area contributed by atoms with E-state index in [1.54, 1.807) is 0 Å². The normalized spacial score (nSPS) is 16.4. The molecular formula is C26H19Cl3F9NO2. The number of amides is 1. The minimum atomic E-state index is -5.24. The molecule has 1 fully saturated rings. The minimum absolute atomic E-state index is 0.0277. The maximum absolute atomic E-state index is 15.1. The van der Waals surface area contributed by atoms with Gasteiger partial charge in [0, 0.05) is 24.5 Å². The van der Waals surface area contributed by atoms with Gasteiger partial charge in [-0.1, -0.05) is 46.9 Å². The van der Waals surface area contributed by atoms with Crippen LogP contribution < -0.4 is 5.32 Å². The molecule has 1 atom stereocenters. The number of hydrogen-bond acceptors (Lipinski definition) is 2. The highest BCUT2D eigenvalue weighted by Crippen LogP contribution is 2.50. The van der Waals surface area contributed by atoms with Crippen LogP contribution in [-0.2, 0) is 11.0 Å². The molecule has 1 aliphatic rings. The van der Waals surface area contributed by atoms with E-state index < -0.39 is 82.3 Å². The number of benzene rings is 2. The summed E-state index contributed by atoms with van der Waals surface area (Å²) in [5, 5.41) is 0.970. The van der Waals surface area contributed by atoms with Gasteiger partial charge >= 0.3 is 12.4 Å². The first-order valence-electron chi connectivity index (χ1n) is 11.6. The molecule has 1 N–H and O–H groups in total. The predicted molar refractivity (Wildman–Crippen MR) is 135 cm³/mol. The second kappa shape index (κ2) is 11.7. The number of alkyl halides is 8. The number of carbonyl (C=O) groups excluding carboxylic acids is 2. The number of allylic oxidation sites excluding steroid dienone is 1.